The van der Waals surface area contributed by atoms with E-state index in [1.165, 1.54) is 5.57 Å². The van der Waals surface area contributed by atoms with Gasteiger partial charge in [-0.25, -0.2) is 0 Å². The summed E-state index contributed by atoms with van der Waals surface area (Å²) in [7, 11) is 0. The van der Waals surface area contributed by atoms with Crippen LogP contribution >= 0.6 is 11.8 Å². The Bertz CT molecular complexity index is 430. The average molecular weight is 232 g/mol. The third-order valence-corrected chi connectivity index (χ3v) is 3.73. The van der Waals surface area contributed by atoms with Crippen LogP contribution in [0.2, 0.25) is 0 Å². The SMILES string of the molecule is CC/C(C)=C(\CC#N)Sc1ccccc1N. The van der Waals surface area contributed by atoms with Gasteiger partial charge in [0.2, 0.25) is 0 Å². The first-order valence-electron chi connectivity index (χ1n) is 5.27. The normalized spacial score (nSPS) is 11.8. The van der Waals surface area contributed by atoms with Crippen molar-refractivity contribution in [1.29, 1.82) is 5.26 Å². The molecule has 0 aromatic heterocycles. The van der Waals surface area contributed by atoms with Gasteiger partial charge in [0.05, 0.1) is 12.5 Å². The number of nitrogen functional groups attached to an aromatic ring is 1. The Morgan fingerprint density at radius 2 is 2.12 bits per heavy atom. The number of allylic oxidation sites excluding steroid dienone is 2. The van der Waals surface area contributed by atoms with Gasteiger partial charge in [0.25, 0.3) is 0 Å². The standard InChI is InChI=1S/C13H16N2S/c1-3-10(2)12(8-9-14)16-13-7-5-4-6-11(13)15/h4-7H,3,8,15H2,1-2H3/b12-10+. The molecule has 0 radical (unpaired) electrons. The zero-order valence-corrected chi connectivity index (χ0v) is 10.5. The molecule has 0 aliphatic carbocycles. The number of nitrogens with two attached hydrogens (primary N) is 1. The fourth-order valence-corrected chi connectivity index (χ4v) is 2.30. The highest BCUT2D eigenvalue weighted by Crippen LogP contribution is 2.35. The Morgan fingerprint density at radius 1 is 1.44 bits per heavy atom. The second kappa shape index (κ2) is 6.24. The molecule has 0 unspecified atom stereocenters. The third kappa shape index (κ3) is 3.32. The molecule has 1 aromatic rings. The summed E-state index contributed by atoms with van der Waals surface area (Å²) in [5, 5.41) is 8.80. The van der Waals surface area contributed by atoms with E-state index in [0.717, 1.165) is 21.9 Å². The van der Waals surface area contributed by atoms with Crippen LogP contribution in [-0.2, 0) is 0 Å². The molecule has 0 heterocycles. The van der Waals surface area contributed by atoms with E-state index in [1.807, 2.05) is 24.3 Å². The van der Waals surface area contributed by atoms with Gasteiger partial charge in [-0.2, -0.15) is 5.26 Å². The van der Waals surface area contributed by atoms with E-state index < -0.39 is 0 Å². The summed E-state index contributed by atoms with van der Waals surface area (Å²) in [5.41, 5.74) is 7.91. The maximum absolute atomic E-state index is 8.80. The molecule has 0 fully saturated rings. The van der Waals surface area contributed by atoms with Crippen LogP contribution in [0.5, 0.6) is 0 Å². The Morgan fingerprint density at radius 3 is 2.69 bits per heavy atom. The molecular formula is C13H16N2S. The summed E-state index contributed by atoms with van der Waals surface area (Å²) >= 11 is 1.60. The van der Waals surface area contributed by atoms with Crippen LogP contribution in [-0.4, -0.2) is 0 Å². The van der Waals surface area contributed by atoms with Gasteiger partial charge in [-0.3, -0.25) is 0 Å². The van der Waals surface area contributed by atoms with E-state index in [0.29, 0.717) is 6.42 Å². The molecule has 1 rings (SSSR count). The lowest BCUT2D eigenvalue weighted by molar-refractivity contribution is 1.07. The number of nitrogens with zero attached hydrogens (tertiary/aromatic N) is 1. The molecule has 0 spiro atoms. The zero-order chi connectivity index (χ0) is 12.0. The minimum atomic E-state index is 0.457. The number of hydrogen-bond acceptors (Lipinski definition) is 3. The monoisotopic (exact) mass is 232 g/mol. The number of thioether (sulfide) groups is 1. The zero-order valence-electron chi connectivity index (χ0n) is 9.66. The van der Waals surface area contributed by atoms with Gasteiger partial charge in [-0.05, 0) is 25.5 Å². The van der Waals surface area contributed by atoms with Crippen molar-refractivity contribution < 1.29 is 0 Å². The van der Waals surface area contributed by atoms with Crippen LogP contribution in [0.4, 0.5) is 5.69 Å². The van der Waals surface area contributed by atoms with Gasteiger partial charge in [-0.1, -0.05) is 36.4 Å². The van der Waals surface area contributed by atoms with E-state index in [1.54, 1.807) is 11.8 Å². The van der Waals surface area contributed by atoms with Crippen LogP contribution in [0.3, 0.4) is 0 Å². The molecular weight excluding hydrogens is 216 g/mol. The molecule has 3 heteroatoms. The van der Waals surface area contributed by atoms with Crippen LogP contribution in [0.15, 0.2) is 39.6 Å². The number of benzene rings is 1. The predicted molar refractivity (Wildman–Crippen MR) is 69.9 cm³/mol. The van der Waals surface area contributed by atoms with Gasteiger partial charge in [-0.15, -0.1) is 0 Å². The summed E-state index contributed by atoms with van der Waals surface area (Å²) in [5.74, 6) is 0. The molecule has 16 heavy (non-hydrogen) atoms. The molecule has 0 aliphatic rings. The molecule has 0 saturated heterocycles. The van der Waals surface area contributed by atoms with E-state index in [2.05, 4.69) is 19.9 Å². The quantitative estimate of drug-likeness (QED) is 0.631. The summed E-state index contributed by atoms with van der Waals surface area (Å²) in [4.78, 5) is 2.14. The fraction of sp³-hybridized carbons (Fsp3) is 0.308. The first kappa shape index (κ1) is 12.7. The second-order valence-corrected chi connectivity index (χ2v) is 4.67. The van der Waals surface area contributed by atoms with Gasteiger partial charge < -0.3 is 5.73 Å². The number of hydrogen-bond donors (Lipinski definition) is 1. The maximum Gasteiger partial charge on any atom is 0.0675 e. The van der Waals surface area contributed by atoms with E-state index in [4.69, 9.17) is 11.0 Å². The van der Waals surface area contributed by atoms with E-state index >= 15 is 0 Å². The van der Waals surface area contributed by atoms with Crippen molar-refractivity contribution in [2.75, 3.05) is 5.73 Å². The number of rotatable bonds is 4. The summed E-state index contributed by atoms with van der Waals surface area (Å²) in [6.07, 6.45) is 1.43. The molecule has 0 atom stereocenters. The Kier molecular flexibility index (Phi) is 4.94. The smallest absolute Gasteiger partial charge is 0.0675 e. The number of nitriles is 1. The minimum absolute atomic E-state index is 0.457. The molecule has 0 saturated carbocycles. The molecule has 1 aromatic carbocycles. The van der Waals surface area contributed by atoms with Crippen molar-refractivity contribution in [2.24, 2.45) is 0 Å². The van der Waals surface area contributed by atoms with Crippen molar-refractivity contribution in [3.63, 3.8) is 0 Å². The predicted octanol–water partition coefficient (Wildman–Crippen LogP) is 3.96. The van der Waals surface area contributed by atoms with Crippen molar-refractivity contribution in [2.45, 2.75) is 31.6 Å². The second-order valence-electron chi connectivity index (χ2n) is 3.53. The van der Waals surface area contributed by atoms with Gasteiger partial charge in [0.1, 0.15) is 0 Å². The highest BCUT2D eigenvalue weighted by atomic mass is 32.2. The Labute approximate surface area is 101 Å². The van der Waals surface area contributed by atoms with Crippen molar-refractivity contribution in [1.82, 2.24) is 0 Å². The molecule has 2 N–H and O–H groups in total. The minimum Gasteiger partial charge on any atom is -0.398 e. The maximum atomic E-state index is 8.80. The largest absolute Gasteiger partial charge is 0.398 e. The van der Waals surface area contributed by atoms with Crippen LogP contribution in [0.1, 0.15) is 26.7 Å². The number of anilines is 1. The molecule has 0 amide bonds. The topological polar surface area (TPSA) is 49.8 Å². The molecule has 0 bridgehead atoms. The first-order valence-corrected chi connectivity index (χ1v) is 6.08. The lowest BCUT2D eigenvalue weighted by Crippen LogP contribution is -1.89. The Hall–Kier alpha value is -1.40. The molecule has 84 valence electrons. The van der Waals surface area contributed by atoms with Gasteiger partial charge >= 0.3 is 0 Å². The van der Waals surface area contributed by atoms with Crippen LogP contribution in [0, 0.1) is 11.3 Å². The number of para-hydroxylation sites is 1. The lowest BCUT2D eigenvalue weighted by Gasteiger charge is -2.09. The summed E-state index contributed by atoms with van der Waals surface area (Å²) in [6, 6.07) is 9.95. The fourth-order valence-electron chi connectivity index (χ4n) is 1.25. The van der Waals surface area contributed by atoms with Crippen LogP contribution < -0.4 is 5.73 Å². The third-order valence-electron chi connectivity index (χ3n) is 2.40. The van der Waals surface area contributed by atoms with Gasteiger partial charge in [0.15, 0.2) is 0 Å². The molecule has 2 nitrogen and oxygen atoms in total. The first-order chi connectivity index (χ1) is 7.69. The van der Waals surface area contributed by atoms with Crippen molar-refractivity contribution in [3.05, 3.63) is 34.7 Å². The average Bonchev–Trinajstić information content (AvgIpc) is 2.30. The van der Waals surface area contributed by atoms with Crippen LogP contribution in [0.25, 0.3) is 0 Å². The molecule has 0 aliphatic heterocycles. The lowest BCUT2D eigenvalue weighted by atomic mass is 10.2. The van der Waals surface area contributed by atoms with Gasteiger partial charge in [0, 0.05) is 15.5 Å². The van der Waals surface area contributed by atoms with E-state index in [-0.39, 0.29) is 0 Å². The highest BCUT2D eigenvalue weighted by molar-refractivity contribution is 8.03. The van der Waals surface area contributed by atoms with Crippen molar-refractivity contribution in [3.8, 4) is 6.07 Å². The van der Waals surface area contributed by atoms with E-state index in [9.17, 15) is 0 Å². The Balaban J connectivity index is 2.94. The highest BCUT2D eigenvalue weighted by Gasteiger charge is 2.06. The van der Waals surface area contributed by atoms with Crippen molar-refractivity contribution >= 4 is 17.4 Å². The summed E-state index contributed by atoms with van der Waals surface area (Å²) < 4.78 is 0. The summed E-state index contributed by atoms with van der Waals surface area (Å²) in [6.45, 7) is 4.17.